The molecule has 1 heterocycles. The van der Waals surface area contributed by atoms with Crippen LogP contribution in [0.25, 0.3) is 0 Å². The Hall–Kier alpha value is -7.85. The number of nitrogens with zero attached hydrogens (tertiary/aromatic N) is 3. The summed E-state index contributed by atoms with van der Waals surface area (Å²) in [4.78, 5) is 118. The van der Waals surface area contributed by atoms with Crippen LogP contribution < -0.4 is 37.6 Å². The molecule has 0 saturated carbocycles. The van der Waals surface area contributed by atoms with Gasteiger partial charge in [0.15, 0.2) is 0 Å². The van der Waals surface area contributed by atoms with E-state index in [1.807, 2.05) is 39.0 Å². The Morgan fingerprint density at radius 3 is 1.90 bits per heavy atom. The number of rotatable bonds is 30. The van der Waals surface area contributed by atoms with Crippen molar-refractivity contribution >= 4 is 59.7 Å². The first-order valence-electron chi connectivity index (χ1n) is 28.4. The van der Waals surface area contributed by atoms with Crippen molar-refractivity contribution in [1.29, 1.82) is 0 Å². The standard InChI is InChI=1S/C52H79N8O12.C4H10N2O.C3H8.Fm/c1-13-33(6)46(40(70-11)26-42(63)60-25-17-20-39(60)48(71-12)34(7)49(66)56-35(8)47(65)37-18-15-14-16-19-37)58(9)43(64)28-54-51(68)45(32(4)5)59(10)52(69)72-29-36-21-23-38(24-22-36)57-41(62)27-53-50(67)44(31(2)3)55-30-61;1-2-3-6-4(5)7;1-3-2;/h14-16,18-19,21-24,31-35,39-40,44-48,65H,13,17,20,25-29H2,1-12H3,(H,53,67)(H,54,68)(H,55,61)(H,56,66)(H,57,62);2-3H2,1H3,(H3,5,6,7);3H2,1-2H3;/q-1;;;. The molecule has 10 amide bonds. The van der Waals surface area contributed by atoms with E-state index in [2.05, 4.69) is 45.7 Å². The van der Waals surface area contributed by atoms with Crippen molar-refractivity contribution < 1.29 is 62.5 Å². The first-order valence-corrected chi connectivity index (χ1v) is 28.4. The zero-order chi connectivity index (χ0) is 62.2. The van der Waals surface area contributed by atoms with E-state index in [9.17, 15) is 48.3 Å². The number of nitrogens with one attached hydrogen (secondary N) is 6. The first kappa shape index (κ1) is 75.2. The van der Waals surface area contributed by atoms with E-state index in [0.29, 0.717) is 49.2 Å². The van der Waals surface area contributed by atoms with E-state index in [4.69, 9.17) is 19.9 Å². The van der Waals surface area contributed by atoms with Gasteiger partial charge in [0.05, 0.1) is 67.9 Å². The van der Waals surface area contributed by atoms with Crippen molar-refractivity contribution in [2.24, 2.45) is 29.4 Å². The zero-order valence-electron chi connectivity index (χ0n) is 51.5. The minimum Gasteiger partial charge on any atom is -0.520 e. The van der Waals surface area contributed by atoms with Crippen LogP contribution in [-0.2, 0) is 54.4 Å². The fourth-order valence-electron chi connectivity index (χ4n) is 9.39. The van der Waals surface area contributed by atoms with Crippen LogP contribution >= 0.6 is 0 Å². The molecule has 0 spiro atoms. The molecule has 1 aliphatic heterocycles. The summed E-state index contributed by atoms with van der Waals surface area (Å²) in [6.45, 7) is 20.9. The Labute approximate surface area is 486 Å². The third-order valence-electron chi connectivity index (χ3n) is 14.0. The first-order chi connectivity index (χ1) is 38.8. The molecule has 1 saturated heterocycles. The second kappa shape index (κ2) is 39.6. The second-order valence-corrected chi connectivity index (χ2v) is 21.3. The fourth-order valence-corrected chi connectivity index (χ4v) is 9.39. The summed E-state index contributed by atoms with van der Waals surface area (Å²) in [6, 6.07) is 11.7. The van der Waals surface area contributed by atoms with E-state index < -0.39 is 96.7 Å². The summed E-state index contributed by atoms with van der Waals surface area (Å²) in [7, 11) is 6.05. The molecule has 23 nitrogen and oxygen atoms in total. The van der Waals surface area contributed by atoms with Gasteiger partial charge in [0, 0.05) is 47.1 Å². The van der Waals surface area contributed by atoms with Gasteiger partial charge in [-0.2, -0.15) is 6.41 Å². The third-order valence-corrected chi connectivity index (χ3v) is 14.0. The maximum atomic E-state index is 14.2. The molecule has 1 aliphatic rings. The Morgan fingerprint density at radius 1 is 0.795 bits per heavy atom. The summed E-state index contributed by atoms with van der Waals surface area (Å²) in [5.41, 5.74) is 6.42. The topological polar surface area (TPSA) is 309 Å². The average molecular weight is 1410 g/mol. The monoisotopic (exact) mass is 1410 g/mol. The number of carbonyl (C=O) groups excluding carboxylic acids is 9. The van der Waals surface area contributed by atoms with Crippen molar-refractivity contribution in [3.63, 3.8) is 0 Å². The van der Waals surface area contributed by atoms with Gasteiger partial charge in [0.25, 0.3) is 0 Å². The Balaban J connectivity index is 0.00000560. The van der Waals surface area contributed by atoms with E-state index in [1.54, 1.807) is 89.9 Å². The minimum absolute atomic E-state index is 0. The number of methoxy groups -OCH3 is 2. The number of hydrogen-bond donors (Lipinski definition) is 8. The molecule has 0 radical (unpaired) electrons. The normalized spacial score (nSPS) is 15.8. The number of aliphatic hydroxyl groups is 1. The van der Waals surface area contributed by atoms with Gasteiger partial charge < -0.3 is 71.5 Å². The molecular formula is C59H97FmN10O13-. The summed E-state index contributed by atoms with van der Waals surface area (Å²) < 4.78 is 17.4. The van der Waals surface area contributed by atoms with Gasteiger partial charge in [0.2, 0.25) is 35.4 Å². The van der Waals surface area contributed by atoms with Gasteiger partial charge in [-0.05, 0) is 67.2 Å². The van der Waals surface area contributed by atoms with Crippen LogP contribution in [0.5, 0.6) is 0 Å². The van der Waals surface area contributed by atoms with Gasteiger partial charge in [-0.1, -0.05) is 125 Å². The molecule has 10 atom stereocenters. The molecule has 10 unspecified atom stereocenters. The summed E-state index contributed by atoms with van der Waals surface area (Å²) >= 11 is 0. The molecule has 2 aromatic carbocycles. The maximum absolute atomic E-state index is 14.2. The number of ether oxygens (including phenoxy) is 3. The number of likely N-dealkylation sites (N-methyl/N-ethyl adjacent to an activating group) is 2. The minimum atomic E-state index is -1.01. The predicted molar refractivity (Wildman–Crippen MR) is 314 cm³/mol. The largest absolute Gasteiger partial charge is 0.520 e. The molecule has 2 aromatic rings. The number of carbonyl (C=O) groups is 8. The molecule has 0 aliphatic carbocycles. The van der Waals surface area contributed by atoms with Crippen molar-refractivity contribution in [3.8, 4) is 0 Å². The molecule has 24 heteroatoms. The molecule has 0 aromatic heterocycles. The number of nitrogens with two attached hydrogens (primary N) is 1. The Bertz CT molecular complexity index is 2280. The average Bonchev–Trinajstić information content (AvgIpc) is 4.20. The summed E-state index contributed by atoms with van der Waals surface area (Å²) in [5, 5.41) is 26.4. The molecule has 1 fully saturated rings. The van der Waals surface area contributed by atoms with Crippen molar-refractivity contribution in [2.75, 3.05) is 59.8 Å². The van der Waals surface area contributed by atoms with Gasteiger partial charge in [-0.25, -0.2) is 9.59 Å². The number of urea groups is 1. The van der Waals surface area contributed by atoms with Crippen molar-refractivity contribution in [2.45, 2.75) is 170 Å². The Kier molecular flexibility index (Phi) is 35.8. The van der Waals surface area contributed by atoms with Crippen LogP contribution in [0.4, 0.5) is 15.3 Å². The maximum Gasteiger partial charge on any atom is 0.410 e. The third kappa shape index (κ3) is 25.0. The molecule has 474 valence electrons. The van der Waals surface area contributed by atoms with E-state index in [-0.39, 0.29) is 49.1 Å². The number of anilines is 1. The Morgan fingerprint density at radius 2 is 1.40 bits per heavy atom. The van der Waals surface area contributed by atoms with Crippen molar-refractivity contribution in [1.82, 2.24) is 41.3 Å². The molecule has 0 bridgehead atoms. The number of primary amides is 1. The summed E-state index contributed by atoms with van der Waals surface area (Å²) in [6.07, 6.45) is 2.52. The molecule has 83 heavy (non-hydrogen) atoms. The number of benzene rings is 2. The van der Waals surface area contributed by atoms with E-state index in [1.165, 1.54) is 43.9 Å². The van der Waals surface area contributed by atoms with Crippen LogP contribution in [0, 0.1) is 23.7 Å². The smallest absolute Gasteiger partial charge is 0.410 e. The quantitative estimate of drug-likeness (QED) is 0.0387. The molecule has 3 rings (SSSR count). The number of amides is 10. The fraction of sp³-hybridized carbons (Fsp3) is 0.644. The summed E-state index contributed by atoms with van der Waals surface area (Å²) in [5.74, 6) is -3.93. The number of likely N-dealkylation sites (tertiary alicyclic amines) is 1. The van der Waals surface area contributed by atoms with Crippen LogP contribution in [0.2, 0.25) is 0 Å². The molecular weight excluding hydrogens is 1310 g/mol. The van der Waals surface area contributed by atoms with E-state index >= 15 is 0 Å². The van der Waals surface area contributed by atoms with Gasteiger partial charge in [0.1, 0.15) is 12.6 Å². The van der Waals surface area contributed by atoms with Gasteiger partial charge >= 0.3 is 12.1 Å². The van der Waals surface area contributed by atoms with Crippen LogP contribution in [0.1, 0.15) is 132 Å². The second-order valence-electron chi connectivity index (χ2n) is 21.3. The van der Waals surface area contributed by atoms with Gasteiger partial charge in [-0.3, -0.25) is 33.7 Å². The predicted octanol–water partition coefficient (Wildman–Crippen LogP) is 4.77. The SMILES string of the molecule is CCC.CCC(C)C(C(CC(=O)N1CCCC1C(OC)C(C)C(=O)NC(C)C(O)c1ccccc1)OC)N(C)C(=O)CNC(=O)C(C(C)C)N(C)C(=O)OCc1ccc(NC(=O)CNC(=O)C(N[C-]=O)C(C)C)cc1.CCCNC(N)=O.[Fm]. The van der Waals surface area contributed by atoms with Crippen molar-refractivity contribution in [3.05, 3.63) is 65.7 Å². The van der Waals surface area contributed by atoms with Gasteiger partial charge in [-0.15, -0.1) is 0 Å². The zero-order valence-corrected chi connectivity index (χ0v) is 53.9. The number of aliphatic hydroxyl groups excluding tert-OH is 1. The van der Waals surface area contributed by atoms with Crippen LogP contribution in [0.15, 0.2) is 54.6 Å². The van der Waals surface area contributed by atoms with E-state index in [0.717, 1.165) is 6.42 Å². The molecule has 9 N–H and O–H groups in total. The van der Waals surface area contributed by atoms with Crippen LogP contribution in [-0.4, -0.2) is 171 Å². The van der Waals surface area contributed by atoms with Crippen LogP contribution in [0.3, 0.4) is 0 Å². The number of hydrogen-bond acceptors (Lipinski definition) is 13.